The molecule has 0 radical (unpaired) electrons. The highest BCUT2D eigenvalue weighted by Crippen LogP contribution is 2.36. The Morgan fingerprint density at radius 1 is 0.935 bits per heavy atom. The second-order valence-electron chi connectivity index (χ2n) is 8.48. The first-order chi connectivity index (χ1) is 15.2. The van der Waals surface area contributed by atoms with Gasteiger partial charge < -0.3 is 10.2 Å². The number of hydrogen-bond acceptors (Lipinski definition) is 5. The minimum absolute atomic E-state index is 0.250. The fourth-order valence-corrected chi connectivity index (χ4v) is 4.74. The van der Waals surface area contributed by atoms with Crippen molar-refractivity contribution in [3.63, 3.8) is 0 Å². The van der Waals surface area contributed by atoms with Crippen LogP contribution in [0.3, 0.4) is 0 Å². The summed E-state index contributed by atoms with van der Waals surface area (Å²) in [7, 11) is 0. The predicted octanol–water partition coefficient (Wildman–Crippen LogP) is 3.95. The van der Waals surface area contributed by atoms with Crippen molar-refractivity contribution in [2.75, 3.05) is 24.5 Å². The highest BCUT2D eigenvalue weighted by Gasteiger charge is 2.40. The Bertz CT molecular complexity index is 1230. The zero-order chi connectivity index (χ0) is 20.8. The van der Waals surface area contributed by atoms with Gasteiger partial charge in [-0.15, -0.1) is 0 Å². The van der Waals surface area contributed by atoms with Crippen molar-refractivity contribution in [2.45, 2.75) is 24.8 Å². The molecule has 0 unspecified atom stereocenters. The van der Waals surface area contributed by atoms with Crippen LogP contribution in [0.1, 0.15) is 19.3 Å². The summed E-state index contributed by atoms with van der Waals surface area (Å²) < 4.78 is 15.6. The molecule has 2 aliphatic rings. The first kappa shape index (κ1) is 18.4. The van der Waals surface area contributed by atoms with E-state index in [1.54, 1.807) is 24.5 Å². The number of halogens is 1. The van der Waals surface area contributed by atoms with Gasteiger partial charge in [-0.3, -0.25) is 9.55 Å². The molecule has 1 aliphatic carbocycles. The number of rotatable bonds is 3. The number of anilines is 1. The average molecular weight is 414 g/mol. The number of hydrogen-bond donors (Lipinski definition) is 1. The van der Waals surface area contributed by atoms with Gasteiger partial charge >= 0.3 is 0 Å². The Morgan fingerprint density at radius 2 is 1.74 bits per heavy atom. The number of fused-ring (bicyclic) bond motifs is 1. The van der Waals surface area contributed by atoms with Crippen molar-refractivity contribution in [1.29, 1.82) is 0 Å². The first-order valence-corrected chi connectivity index (χ1v) is 10.8. The third kappa shape index (κ3) is 3.16. The molecule has 1 saturated heterocycles. The lowest BCUT2D eigenvalue weighted by molar-refractivity contribution is 0.172. The zero-order valence-electron chi connectivity index (χ0n) is 17.1. The third-order valence-electron chi connectivity index (χ3n) is 6.52. The molecule has 6 rings (SSSR count). The largest absolute Gasteiger partial charge is 0.353 e. The average Bonchev–Trinajstić information content (AvgIpc) is 3.18. The molecule has 1 spiro atoms. The number of pyridine rings is 2. The number of nitrogens with one attached hydrogen (secondary N) is 1. The van der Waals surface area contributed by atoms with Crippen LogP contribution in [0.4, 0.5) is 10.2 Å². The van der Waals surface area contributed by atoms with Crippen molar-refractivity contribution < 1.29 is 4.39 Å². The Kier molecular flexibility index (Phi) is 4.24. The summed E-state index contributed by atoms with van der Waals surface area (Å²) in [6, 6.07) is 14.4. The Balaban J connectivity index is 1.49. The van der Waals surface area contributed by atoms with E-state index in [0.717, 1.165) is 53.7 Å². The molecule has 6 nitrogen and oxygen atoms in total. The molecule has 4 heterocycles. The fourth-order valence-electron chi connectivity index (χ4n) is 4.74. The van der Waals surface area contributed by atoms with E-state index in [4.69, 9.17) is 9.97 Å². The Hall–Kier alpha value is -3.32. The molecular weight excluding hydrogens is 391 g/mol. The molecule has 156 valence electrons. The van der Waals surface area contributed by atoms with Crippen LogP contribution in [0.25, 0.3) is 28.2 Å². The van der Waals surface area contributed by atoms with Crippen molar-refractivity contribution >= 4 is 17.0 Å². The number of nitrogens with zero attached hydrogens (tertiary/aromatic N) is 5. The molecule has 2 fully saturated rings. The molecule has 0 atom stereocenters. The van der Waals surface area contributed by atoms with E-state index < -0.39 is 0 Å². The summed E-state index contributed by atoms with van der Waals surface area (Å²) in [5, 5.41) is 3.71. The topological polar surface area (TPSA) is 58.9 Å². The van der Waals surface area contributed by atoms with Gasteiger partial charge in [-0.2, -0.15) is 0 Å². The van der Waals surface area contributed by atoms with Crippen molar-refractivity contribution in [3.05, 3.63) is 66.7 Å². The van der Waals surface area contributed by atoms with Crippen molar-refractivity contribution in [2.24, 2.45) is 0 Å². The van der Waals surface area contributed by atoms with Crippen LogP contribution < -0.4 is 10.2 Å². The Morgan fingerprint density at radius 3 is 2.48 bits per heavy atom. The van der Waals surface area contributed by atoms with Gasteiger partial charge in [0, 0.05) is 43.1 Å². The van der Waals surface area contributed by atoms with Crippen LogP contribution in [0, 0.1) is 5.82 Å². The van der Waals surface area contributed by atoms with Gasteiger partial charge in [0.2, 0.25) is 0 Å². The van der Waals surface area contributed by atoms with Gasteiger partial charge in [-0.25, -0.2) is 14.4 Å². The Labute approximate surface area is 179 Å². The molecule has 1 aromatic carbocycles. The number of imidazole rings is 1. The quantitative estimate of drug-likeness (QED) is 0.550. The van der Waals surface area contributed by atoms with Gasteiger partial charge in [-0.05, 0) is 67.8 Å². The lowest BCUT2D eigenvalue weighted by atomic mass is 9.75. The predicted molar refractivity (Wildman–Crippen MR) is 119 cm³/mol. The van der Waals surface area contributed by atoms with E-state index in [-0.39, 0.29) is 11.4 Å². The van der Waals surface area contributed by atoms with Crippen molar-refractivity contribution in [1.82, 2.24) is 24.8 Å². The number of piperazine rings is 1. The molecule has 7 heteroatoms. The molecule has 4 aromatic rings. The highest BCUT2D eigenvalue weighted by atomic mass is 19.1. The summed E-state index contributed by atoms with van der Waals surface area (Å²) in [5.74, 6) is 1.45. The number of benzene rings is 1. The fraction of sp³-hybridized carbons (Fsp3) is 0.292. The highest BCUT2D eigenvalue weighted by molar-refractivity contribution is 5.81. The molecular formula is C24H23FN6. The normalized spacial score (nSPS) is 17.8. The van der Waals surface area contributed by atoms with Gasteiger partial charge in [0.05, 0.1) is 5.69 Å². The third-order valence-corrected chi connectivity index (χ3v) is 6.52. The molecule has 31 heavy (non-hydrogen) atoms. The van der Waals surface area contributed by atoms with E-state index in [1.807, 2.05) is 22.8 Å². The minimum Gasteiger partial charge on any atom is -0.353 e. The van der Waals surface area contributed by atoms with Gasteiger partial charge in [-0.1, -0.05) is 0 Å². The van der Waals surface area contributed by atoms with E-state index in [1.165, 1.54) is 31.4 Å². The van der Waals surface area contributed by atoms with E-state index in [9.17, 15) is 4.39 Å². The van der Waals surface area contributed by atoms with Crippen LogP contribution in [-0.2, 0) is 0 Å². The summed E-state index contributed by atoms with van der Waals surface area (Å²) in [6.45, 7) is 2.90. The number of aromatic nitrogens is 4. The summed E-state index contributed by atoms with van der Waals surface area (Å²) in [5.41, 5.74) is 3.63. The maximum absolute atomic E-state index is 13.5. The second-order valence-corrected chi connectivity index (χ2v) is 8.48. The van der Waals surface area contributed by atoms with Crippen LogP contribution >= 0.6 is 0 Å². The maximum Gasteiger partial charge on any atom is 0.167 e. The molecule has 1 saturated carbocycles. The molecule has 0 amide bonds. The van der Waals surface area contributed by atoms with Crippen LogP contribution in [0.15, 0.2) is 60.9 Å². The molecule has 1 N–H and O–H groups in total. The van der Waals surface area contributed by atoms with Crippen LogP contribution in [0.5, 0.6) is 0 Å². The standard InChI is InChI=1S/C24H23FN6/c25-18-4-2-17(3-5-18)22-28-20-6-7-21(30-15-14-27-24(16-30)10-1-11-24)29-23(20)31(22)19-8-12-26-13-9-19/h2-9,12-13,27H,1,10-11,14-16H2. The zero-order valence-corrected chi connectivity index (χ0v) is 17.1. The molecule has 0 bridgehead atoms. The smallest absolute Gasteiger partial charge is 0.167 e. The van der Waals surface area contributed by atoms with Gasteiger partial charge in [0.25, 0.3) is 0 Å². The monoisotopic (exact) mass is 414 g/mol. The van der Waals surface area contributed by atoms with Gasteiger partial charge in [0.15, 0.2) is 5.65 Å². The first-order valence-electron chi connectivity index (χ1n) is 10.8. The summed E-state index contributed by atoms with van der Waals surface area (Å²) in [6.07, 6.45) is 7.28. The van der Waals surface area contributed by atoms with Crippen LogP contribution in [0.2, 0.25) is 0 Å². The lowest BCUT2D eigenvalue weighted by Gasteiger charge is -2.49. The van der Waals surface area contributed by atoms with Crippen LogP contribution in [-0.4, -0.2) is 44.7 Å². The maximum atomic E-state index is 13.5. The SMILES string of the molecule is Fc1ccc(-c2nc3ccc(N4CCNC5(CCC5)C4)nc3n2-c2ccncc2)cc1. The molecule has 1 aliphatic heterocycles. The van der Waals surface area contributed by atoms with E-state index in [0.29, 0.717) is 0 Å². The minimum atomic E-state index is -0.264. The summed E-state index contributed by atoms with van der Waals surface area (Å²) in [4.78, 5) is 16.5. The molecule has 3 aromatic heterocycles. The van der Waals surface area contributed by atoms with Gasteiger partial charge in [0.1, 0.15) is 23.0 Å². The van der Waals surface area contributed by atoms with E-state index >= 15 is 0 Å². The summed E-state index contributed by atoms with van der Waals surface area (Å²) >= 11 is 0. The second kappa shape index (κ2) is 7.13. The lowest BCUT2D eigenvalue weighted by Crippen LogP contribution is -2.64. The van der Waals surface area contributed by atoms with Crippen molar-refractivity contribution in [3.8, 4) is 17.1 Å². The van der Waals surface area contributed by atoms with E-state index in [2.05, 4.69) is 21.3 Å².